The van der Waals surface area contributed by atoms with E-state index in [2.05, 4.69) is 10.0 Å². The molecule has 108 valence electrons. The Morgan fingerprint density at radius 1 is 1.00 bits per heavy atom. The van der Waals surface area contributed by atoms with E-state index in [-0.39, 0.29) is 17.2 Å². The van der Waals surface area contributed by atoms with Crippen molar-refractivity contribution in [3.63, 3.8) is 0 Å². The standard InChI is InChI=1S/C11H18N2O4S2/c1-3-19(16,17)11-6-4-10(5-7-11)12-8-9-13-18(2,14)15/h4-7,12-13H,3,8-9H2,1-2H3. The van der Waals surface area contributed by atoms with Crippen molar-refractivity contribution in [3.05, 3.63) is 24.3 Å². The third-order valence-corrected chi connectivity index (χ3v) is 4.89. The molecule has 0 aliphatic carbocycles. The Bertz CT molecular complexity index is 607. The number of anilines is 1. The molecule has 8 heteroatoms. The van der Waals surface area contributed by atoms with Crippen LogP contribution in [-0.4, -0.2) is 41.9 Å². The normalized spacial score (nSPS) is 12.3. The molecule has 0 saturated carbocycles. The quantitative estimate of drug-likeness (QED) is 0.713. The van der Waals surface area contributed by atoms with Crippen LogP contribution in [0.4, 0.5) is 5.69 Å². The smallest absolute Gasteiger partial charge is 0.208 e. The summed E-state index contributed by atoms with van der Waals surface area (Å²) in [6.45, 7) is 2.29. The van der Waals surface area contributed by atoms with Crippen LogP contribution in [0.2, 0.25) is 0 Å². The number of nitrogens with one attached hydrogen (secondary N) is 2. The van der Waals surface area contributed by atoms with Crippen LogP contribution in [0.5, 0.6) is 0 Å². The van der Waals surface area contributed by atoms with E-state index in [4.69, 9.17) is 0 Å². The molecule has 0 aliphatic rings. The van der Waals surface area contributed by atoms with E-state index in [1.807, 2.05) is 0 Å². The minimum absolute atomic E-state index is 0.0675. The molecule has 0 atom stereocenters. The summed E-state index contributed by atoms with van der Waals surface area (Å²) in [7, 11) is -6.36. The van der Waals surface area contributed by atoms with Gasteiger partial charge in [-0.25, -0.2) is 21.6 Å². The van der Waals surface area contributed by atoms with E-state index in [0.717, 1.165) is 11.9 Å². The van der Waals surface area contributed by atoms with Gasteiger partial charge in [-0.15, -0.1) is 0 Å². The molecular formula is C11H18N2O4S2. The minimum atomic E-state index is -3.18. The first-order valence-electron chi connectivity index (χ1n) is 5.76. The summed E-state index contributed by atoms with van der Waals surface area (Å²) in [5.41, 5.74) is 0.741. The molecule has 0 radical (unpaired) electrons. The molecule has 19 heavy (non-hydrogen) atoms. The van der Waals surface area contributed by atoms with Gasteiger partial charge in [0.1, 0.15) is 0 Å². The molecule has 0 aliphatic heterocycles. The SMILES string of the molecule is CCS(=O)(=O)c1ccc(NCCNS(C)(=O)=O)cc1. The van der Waals surface area contributed by atoms with Gasteiger partial charge in [0, 0.05) is 18.8 Å². The van der Waals surface area contributed by atoms with Crippen molar-refractivity contribution in [1.29, 1.82) is 0 Å². The lowest BCUT2D eigenvalue weighted by Gasteiger charge is -2.07. The number of hydrogen-bond donors (Lipinski definition) is 2. The van der Waals surface area contributed by atoms with Crippen LogP contribution in [0.1, 0.15) is 6.92 Å². The Labute approximate surface area is 114 Å². The van der Waals surface area contributed by atoms with Crippen molar-refractivity contribution < 1.29 is 16.8 Å². The molecule has 0 aromatic heterocycles. The highest BCUT2D eigenvalue weighted by Crippen LogP contribution is 2.14. The van der Waals surface area contributed by atoms with Gasteiger partial charge >= 0.3 is 0 Å². The highest BCUT2D eigenvalue weighted by atomic mass is 32.2. The van der Waals surface area contributed by atoms with Crippen LogP contribution in [0, 0.1) is 0 Å². The Hall–Kier alpha value is -1.12. The number of benzene rings is 1. The Morgan fingerprint density at radius 2 is 1.58 bits per heavy atom. The predicted molar refractivity (Wildman–Crippen MR) is 75.5 cm³/mol. The zero-order chi connectivity index (χ0) is 14.5. The molecule has 1 aromatic carbocycles. The highest BCUT2D eigenvalue weighted by Gasteiger charge is 2.10. The third-order valence-electron chi connectivity index (χ3n) is 2.41. The molecule has 0 amide bonds. The Morgan fingerprint density at radius 3 is 2.05 bits per heavy atom. The first kappa shape index (κ1) is 15.9. The largest absolute Gasteiger partial charge is 0.384 e. The zero-order valence-corrected chi connectivity index (χ0v) is 12.5. The molecule has 0 fully saturated rings. The molecule has 0 spiro atoms. The molecular weight excluding hydrogens is 288 g/mol. The number of hydrogen-bond acceptors (Lipinski definition) is 5. The van der Waals surface area contributed by atoms with Gasteiger partial charge in [-0.1, -0.05) is 6.92 Å². The Kier molecular flexibility index (Phi) is 5.33. The van der Waals surface area contributed by atoms with Gasteiger partial charge < -0.3 is 5.32 Å². The average Bonchev–Trinajstić information content (AvgIpc) is 2.34. The topological polar surface area (TPSA) is 92.3 Å². The zero-order valence-electron chi connectivity index (χ0n) is 10.9. The van der Waals surface area contributed by atoms with Gasteiger partial charge in [-0.05, 0) is 24.3 Å². The van der Waals surface area contributed by atoms with Gasteiger partial charge in [0.2, 0.25) is 10.0 Å². The Balaban J connectivity index is 2.54. The maximum Gasteiger partial charge on any atom is 0.208 e. The van der Waals surface area contributed by atoms with Gasteiger partial charge in [0.25, 0.3) is 0 Å². The summed E-state index contributed by atoms with van der Waals surface area (Å²) in [4.78, 5) is 0.287. The van der Waals surface area contributed by atoms with Gasteiger partial charge in [0.05, 0.1) is 16.9 Å². The van der Waals surface area contributed by atoms with E-state index in [1.165, 1.54) is 12.1 Å². The lowest BCUT2D eigenvalue weighted by Crippen LogP contribution is -2.27. The minimum Gasteiger partial charge on any atom is -0.384 e. The summed E-state index contributed by atoms with van der Waals surface area (Å²) in [6.07, 6.45) is 1.09. The van der Waals surface area contributed by atoms with Crippen LogP contribution < -0.4 is 10.0 Å². The fourth-order valence-corrected chi connectivity index (χ4v) is 2.75. The van der Waals surface area contributed by atoms with E-state index in [9.17, 15) is 16.8 Å². The van der Waals surface area contributed by atoms with Gasteiger partial charge in [0.15, 0.2) is 9.84 Å². The van der Waals surface area contributed by atoms with E-state index < -0.39 is 19.9 Å². The number of rotatable bonds is 7. The monoisotopic (exact) mass is 306 g/mol. The van der Waals surface area contributed by atoms with Crippen molar-refractivity contribution >= 4 is 25.5 Å². The summed E-state index contributed by atoms with van der Waals surface area (Å²) < 4.78 is 47.2. The van der Waals surface area contributed by atoms with Crippen molar-refractivity contribution in [2.45, 2.75) is 11.8 Å². The number of sulfone groups is 1. The molecule has 6 nitrogen and oxygen atoms in total. The van der Waals surface area contributed by atoms with Crippen LogP contribution in [0.3, 0.4) is 0 Å². The first-order valence-corrected chi connectivity index (χ1v) is 9.30. The average molecular weight is 306 g/mol. The lowest BCUT2D eigenvalue weighted by molar-refractivity contribution is 0.588. The maximum absolute atomic E-state index is 11.6. The van der Waals surface area contributed by atoms with E-state index in [1.54, 1.807) is 19.1 Å². The fourth-order valence-electron chi connectivity index (χ4n) is 1.39. The van der Waals surface area contributed by atoms with Gasteiger partial charge in [-0.2, -0.15) is 0 Å². The van der Waals surface area contributed by atoms with Crippen molar-refractivity contribution in [2.75, 3.05) is 30.4 Å². The second-order valence-corrected chi connectivity index (χ2v) is 8.13. The van der Waals surface area contributed by atoms with Crippen molar-refractivity contribution in [1.82, 2.24) is 4.72 Å². The van der Waals surface area contributed by atoms with Crippen LogP contribution in [-0.2, 0) is 19.9 Å². The second kappa shape index (κ2) is 6.36. The van der Waals surface area contributed by atoms with Crippen molar-refractivity contribution in [2.24, 2.45) is 0 Å². The second-order valence-electron chi connectivity index (χ2n) is 4.02. The molecule has 1 rings (SSSR count). The van der Waals surface area contributed by atoms with Crippen LogP contribution in [0.15, 0.2) is 29.2 Å². The van der Waals surface area contributed by atoms with Crippen molar-refractivity contribution in [3.8, 4) is 0 Å². The molecule has 1 aromatic rings. The summed E-state index contributed by atoms with van der Waals surface area (Å²) >= 11 is 0. The predicted octanol–water partition coefficient (Wildman–Crippen LogP) is 0.441. The maximum atomic E-state index is 11.6. The van der Waals surface area contributed by atoms with Gasteiger partial charge in [-0.3, -0.25) is 0 Å². The third kappa shape index (κ3) is 5.58. The molecule has 0 heterocycles. The molecule has 0 bridgehead atoms. The highest BCUT2D eigenvalue weighted by molar-refractivity contribution is 7.91. The van der Waals surface area contributed by atoms with Crippen LogP contribution >= 0.6 is 0 Å². The fraction of sp³-hybridized carbons (Fsp3) is 0.455. The summed E-state index contributed by atoms with van der Waals surface area (Å²) in [6, 6.07) is 6.38. The van der Waals surface area contributed by atoms with E-state index in [0.29, 0.717) is 6.54 Å². The number of sulfonamides is 1. The molecule has 0 unspecified atom stereocenters. The van der Waals surface area contributed by atoms with Crippen LogP contribution in [0.25, 0.3) is 0 Å². The molecule has 0 saturated heterocycles. The summed E-state index contributed by atoms with van der Waals surface area (Å²) in [5, 5.41) is 2.99. The summed E-state index contributed by atoms with van der Waals surface area (Å²) in [5.74, 6) is 0.0675. The lowest BCUT2D eigenvalue weighted by atomic mass is 10.3. The molecule has 2 N–H and O–H groups in total. The first-order chi connectivity index (χ1) is 8.74. The van der Waals surface area contributed by atoms with E-state index >= 15 is 0 Å².